The van der Waals surface area contributed by atoms with Gasteiger partial charge < -0.3 is 0 Å². The summed E-state index contributed by atoms with van der Waals surface area (Å²) in [7, 11) is 0. The topological polar surface area (TPSA) is 36.7 Å². The van der Waals surface area contributed by atoms with Gasteiger partial charge in [0.25, 0.3) is 0 Å². The second kappa shape index (κ2) is 5.91. The number of aromatic nitrogens is 1. The van der Waals surface area contributed by atoms with Gasteiger partial charge in [0.1, 0.15) is 5.69 Å². The van der Waals surface area contributed by atoms with Crippen LogP contribution >= 0.6 is 0 Å². The van der Waals surface area contributed by atoms with Crippen molar-refractivity contribution in [2.75, 3.05) is 0 Å². The van der Waals surface area contributed by atoms with Crippen molar-refractivity contribution in [1.82, 2.24) is 4.98 Å². The highest BCUT2D eigenvalue weighted by Gasteiger charge is 2.33. The van der Waals surface area contributed by atoms with Crippen molar-refractivity contribution in [3.8, 4) is 17.2 Å². The Morgan fingerprint density at radius 2 is 1.48 bits per heavy atom. The van der Waals surface area contributed by atoms with Gasteiger partial charge in [0.2, 0.25) is 0 Å². The highest BCUT2D eigenvalue weighted by atomic mass is 19.4. The van der Waals surface area contributed by atoms with Crippen molar-refractivity contribution < 1.29 is 26.3 Å². The number of halogens is 6. The van der Waals surface area contributed by atoms with Gasteiger partial charge in [-0.3, -0.25) is 0 Å². The maximum Gasteiger partial charge on any atom is 0.433 e. The van der Waals surface area contributed by atoms with Crippen molar-refractivity contribution in [2.24, 2.45) is 0 Å². The van der Waals surface area contributed by atoms with Crippen LogP contribution in [0.4, 0.5) is 26.3 Å². The van der Waals surface area contributed by atoms with Crippen LogP contribution in [-0.2, 0) is 18.8 Å². The van der Waals surface area contributed by atoms with Crippen molar-refractivity contribution in [1.29, 1.82) is 5.26 Å². The Balaban J connectivity index is 2.48. The summed E-state index contributed by atoms with van der Waals surface area (Å²) in [5, 5.41) is 8.72. The van der Waals surface area contributed by atoms with Gasteiger partial charge in [0, 0.05) is 5.56 Å². The number of rotatable bonds is 2. The number of nitriles is 1. The van der Waals surface area contributed by atoms with E-state index in [0.29, 0.717) is 0 Å². The average molecular weight is 330 g/mol. The first-order valence-electron chi connectivity index (χ1n) is 6.24. The molecule has 1 heterocycles. The highest BCUT2D eigenvalue weighted by Crippen LogP contribution is 2.33. The van der Waals surface area contributed by atoms with Crippen LogP contribution in [0.25, 0.3) is 11.1 Å². The zero-order chi connectivity index (χ0) is 17.3. The average Bonchev–Trinajstić information content (AvgIpc) is 2.46. The van der Waals surface area contributed by atoms with E-state index < -0.39 is 23.6 Å². The minimum Gasteiger partial charge on any atom is -0.247 e. The van der Waals surface area contributed by atoms with E-state index in [1.807, 2.05) is 0 Å². The van der Waals surface area contributed by atoms with Crippen LogP contribution in [0.3, 0.4) is 0 Å². The summed E-state index contributed by atoms with van der Waals surface area (Å²) < 4.78 is 75.5. The summed E-state index contributed by atoms with van der Waals surface area (Å²) >= 11 is 0. The van der Waals surface area contributed by atoms with Gasteiger partial charge in [-0.25, -0.2) is 4.98 Å². The first kappa shape index (κ1) is 16.8. The third-order valence-electron chi connectivity index (χ3n) is 3.03. The molecule has 0 amide bonds. The lowest BCUT2D eigenvalue weighted by Crippen LogP contribution is -2.10. The third-order valence-corrected chi connectivity index (χ3v) is 3.03. The SMILES string of the molecule is N#CCc1nc(C(F)(F)F)ccc1-c1ccc(C(F)(F)F)cc1. The lowest BCUT2D eigenvalue weighted by atomic mass is 10.0. The Morgan fingerprint density at radius 1 is 0.870 bits per heavy atom. The van der Waals surface area contributed by atoms with E-state index in [9.17, 15) is 26.3 Å². The molecule has 0 saturated carbocycles. The molecule has 1 aromatic heterocycles. The standard InChI is InChI=1S/C15H8F6N2/c16-14(17,18)10-3-1-9(2-4-10)11-5-6-13(15(19,20)21)23-12(11)7-8-22/h1-6H,7H2. The number of pyridine rings is 1. The summed E-state index contributed by atoms with van der Waals surface area (Å²) in [6, 6.07) is 7.44. The molecule has 0 bridgehead atoms. The highest BCUT2D eigenvalue weighted by molar-refractivity contribution is 5.67. The zero-order valence-electron chi connectivity index (χ0n) is 11.3. The molecule has 0 fully saturated rings. The molecule has 23 heavy (non-hydrogen) atoms. The molecule has 0 aliphatic rings. The predicted molar refractivity (Wildman–Crippen MR) is 69.0 cm³/mol. The second-order valence-electron chi connectivity index (χ2n) is 4.60. The largest absolute Gasteiger partial charge is 0.433 e. The monoisotopic (exact) mass is 330 g/mol. The third kappa shape index (κ3) is 3.80. The molecule has 2 aromatic rings. The molecule has 0 unspecified atom stereocenters. The smallest absolute Gasteiger partial charge is 0.247 e. The van der Waals surface area contributed by atoms with Crippen LogP contribution in [0.15, 0.2) is 36.4 Å². The van der Waals surface area contributed by atoms with Crippen molar-refractivity contribution in [3.63, 3.8) is 0 Å². The number of hydrogen-bond acceptors (Lipinski definition) is 2. The Labute approximate surface area is 127 Å². The van der Waals surface area contributed by atoms with E-state index >= 15 is 0 Å². The Kier molecular flexibility index (Phi) is 4.32. The van der Waals surface area contributed by atoms with Crippen molar-refractivity contribution >= 4 is 0 Å². The maximum atomic E-state index is 12.7. The molecule has 0 radical (unpaired) electrons. The first-order valence-corrected chi connectivity index (χ1v) is 6.24. The van der Waals surface area contributed by atoms with Crippen LogP contribution in [0.1, 0.15) is 17.0 Å². The van der Waals surface area contributed by atoms with Crippen LogP contribution in [-0.4, -0.2) is 4.98 Å². The minimum atomic E-state index is -4.66. The number of nitrogens with zero attached hydrogens (tertiary/aromatic N) is 2. The van der Waals surface area contributed by atoms with E-state index in [-0.39, 0.29) is 23.2 Å². The van der Waals surface area contributed by atoms with Gasteiger partial charge in [0.05, 0.1) is 23.7 Å². The minimum absolute atomic E-state index is 0.137. The molecule has 120 valence electrons. The van der Waals surface area contributed by atoms with Gasteiger partial charge in [-0.1, -0.05) is 18.2 Å². The molecule has 0 N–H and O–H groups in total. The predicted octanol–water partition coefficient (Wildman–Crippen LogP) is 4.85. The summed E-state index contributed by atoms with van der Waals surface area (Å²) in [6.45, 7) is 0. The Morgan fingerprint density at radius 3 is 1.96 bits per heavy atom. The van der Waals surface area contributed by atoms with Gasteiger partial charge in [-0.05, 0) is 23.8 Å². The number of hydrogen-bond donors (Lipinski definition) is 0. The fourth-order valence-corrected chi connectivity index (χ4v) is 1.97. The van der Waals surface area contributed by atoms with Crippen LogP contribution in [0.5, 0.6) is 0 Å². The molecule has 0 aliphatic heterocycles. The summed E-state index contributed by atoms with van der Waals surface area (Å²) in [6.07, 6.45) is -9.56. The molecule has 1 aromatic carbocycles. The van der Waals surface area contributed by atoms with Gasteiger partial charge in [-0.15, -0.1) is 0 Å². The molecular formula is C15H8F6N2. The zero-order valence-corrected chi connectivity index (χ0v) is 11.3. The van der Waals surface area contributed by atoms with E-state index in [4.69, 9.17) is 5.26 Å². The first-order chi connectivity index (χ1) is 10.6. The van der Waals surface area contributed by atoms with Gasteiger partial charge in [0.15, 0.2) is 0 Å². The molecule has 0 saturated heterocycles. The fraction of sp³-hybridized carbons (Fsp3) is 0.200. The molecule has 0 aliphatic carbocycles. The van der Waals surface area contributed by atoms with Crippen LogP contribution in [0, 0.1) is 11.3 Å². The van der Waals surface area contributed by atoms with Gasteiger partial charge in [-0.2, -0.15) is 31.6 Å². The quantitative estimate of drug-likeness (QED) is 0.738. The normalized spacial score (nSPS) is 12.0. The van der Waals surface area contributed by atoms with Crippen molar-refractivity contribution in [3.05, 3.63) is 53.3 Å². The van der Waals surface area contributed by atoms with Crippen molar-refractivity contribution in [2.45, 2.75) is 18.8 Å². The maximum absolute atomic E-state index is 12.7. The van der Waals surface area contributed by atoms with Crippen LogP contribution in [0.2, 0.25) is 0 Å². The number of alkyl halides is 6. The molecule has 8 heteroatoms. The second-order valence-corrected chi connectivity index (χ2v) is 4.60. The summed E-state index contributed by atoms with van der Waals surface area (Å²) in [5.74, 6) is 0. The molecular weight excluding hydrogens is 322 g/mol. The van der Waals surface area contributed by atoms with Crippen LogP contribution < -0.4 is 0 Å². The Hall–Kier alpha value is -2.56. The van der Waals surface area contributed by atoms with E-state index in [0.717, 1.165) is 36.4 Å². The molecule has 0 spiro atoms. The summed E-state index contributed by atoms with van der Waals surface area (Å²) in [5.41, 5.74) is -1.72. The lowest BCUT2D eigenvalue weighted by molar-refractivity contribution is -0.141. The lowest BCUT2D eigenvalue weighted by Gasteiger charge is -2.12. The van der Waals surface area contributed by atoms with Gasteiger partial charge >= 0.3 is 12.4 Å². The van der Waals surface area contributed by atoms with E-state index in [1.165, 1.54) is 0 Å². The van der Waals surface area contributed by atoms with E-state index in [2.05, 4.69) is 4.98 Å². The molecule has 2 rings (SSSR count). The Bertz CT molecular complexity index is 739. The summed E-state index contributed by atoms with van der Waals surface area (Å²) in [4.78, 5) is 3.41. The molecule has 0 atom stereocenters. The van der Waals surface area contributed by atoms with E-state index in [1.54, 1.807) is 6.07 Å². The number of benzene rings is 1. The molecule has 2 nitrogen and oxygen atoms in total. The fourth-order valence-electron chi connectivity index (χ4n) is 1.97.